The summed E-state index contributed by atoms with van der Waals surface area (Å²) in [5.74, 6) is 1.70. The van der Waals surface area contributed by atoms with Crippen molar-refractivity contribution in [2.75, 3.05) is 7.11 Å². The minimum absolute atomic E-state index is 0.0445. The van der Waals surface area contributed by atoms with Crippen molar-refractivity contribution >= 4 is 17.1 Å². The Morgan fingerprint density at radius 3 is 2.55 bits per heavy atom. The third-order valence-corrected chi connectivity index (χ3v) is 6.38. The van der Waals surface area contributed by atoms with Crippen LogP contribution >= 0.6 is 11.3 Å². The van der Waals surface area contributed by atoms with E-state index in [1.54, 1.807) is 18.4 Å². The maximum Gasteiger partial charge on any atom is 0.179 e. The summed E-state index contributed by atoms with van der Waals surface area (Å²) in [6.07, 6.45) is 1.43. The lowest BCUT2D eigenvalue weighted by Crippen LogP contribution is -2.20. The van der Waals surface area contributed by atoms with Crippen molar-refractivity contribution in [1.29, 1.82) is 0 Å². The van der Waals surface area contributed by atoms with Crippen LogP contribution in [0.5, 0.6) is 11.5 Å². The van der Waals surface area contributed by atoms with Gasteiger partial charge < -0.3 is 14.0 Å². The molecule has 4 nitrogen and oxygen atoms in total. The number of rotatable bonds is 6. The zero-order valence-corrected chi connectivity index (χ0v) is 20.1. The molecular formula is C26H31NO3S. The molecule has 0 aliphatic carbocycles. The predicted octanol–water partition coefficient (Wildman–Crippen LogP) is 6.85. The summed E-state index contributed by atoms with van der Waals surface area (Å²) in [5.41, 5.74) is 5.34. The van der Waals surface area contributed by atoms with Gasteiger partial charge in [0.05, 0.1) is 24.6 Å². The standard InChI is InChI=1S/C26H31NO3S/c1-16(2)30-23-14-18-17(12-22(23)29-6)9-10-27-20(21(28)15-26(3,4)5)13-19(25(18)27)24-8-7-11-31-24/h7-8,11-14,16H,9-10,15H2,1-6H3. The van der Waals surface area contributed by atoms with Crippen molar-refractivity contribution in [3.63, 3.8) is 0 Å². The zero-order chi connectivity index (χ0) is 22.3. The third-order valence-electron chi connectivity index (χ3n) is 5.47. The van der Waals surface area contributed by atoms with Gasteiger partial charge in [0.25, 0.3) is 0 Å². The minimum Gasteiger partial charge on any atom is -0.493 e. The highest BCUT2D eigenvalue weighted by Gasteiger charge is 2.29. The Hall–Kier alpha value is -2.53. The lowest BCUT2D eigenvalue weighted by molar-refractivity contribution is 0.0930. The number of hydrogen-bond acceptors (Lipinski definition) is 4. The van der Waals surface area contributed by atoms with Crippen LogP contribution in [0, 0.1) is 5.41 Å². The van der Waals surface area contributed by atoms with E-state index in [1.165, 1.54) is 10.4 Å². The number of aryl methyl sites for hydroxylation is 1. The second kappa shape index (κ2) is 8.19. The molecule has 1 aliphatic rings. The Kier molecular flexibility index (Phi) is 5.73. The van der Waals surface area contributed by atoms with Crippen molar-refractivity contribution in [1.82, 2.24) is 4.57 Å². The van der Waals surface area contributed by atoms with Gasteiger partial charge in [0, 0.05) is 29.0 Å². The number of benzene rings is 1. The number of ether oxygens (including phenoxy) is 2. The average Bonchev–Trinajstić information content (AvgIpc) is 3.33. The molecule has 164 valence electrons. The zero-order valence-electron chi connectivity index (χ0n) is 19.2. The van der Waals surface area contributed by atoms with Gasteiger partial charge in [-0.3, -0.25) is 4.79 Å². The van der Waals surface area contributed by atoms with E-state index < -0.39 is 0 Å². The van der Waals surface area contributed by atoms with Crippen LogP contribution in [0.2, 0.25) is 0 Å². The number of carbonyl (C=O) groups is 1. The van der Waals surface area contributed by atoms with Crippen LogP contribution in [0.1, 0.15) is 57.1 Å². The molecule has 0 fully saturated rings. The second-order valence-corrected chi connectivity index (χ2v) is 10.6. The van der Waals surface area contributed by atoms with Gasteiger partial charge in [-0.2, -0.15) is 0 Å². The molecule has 5 heteroatoms. The van der Waals surface area contributed by atoms with Gasteiger partial charge in [0.15, 0.2) is 17.3 Å². The summed E-state index contributed by atoms with van der Waals surface area (Å²) in [7, 11) is 1.68. The van der Waals surface area contributed by atoms with Crippen LogP contribution in [0.15, 0.2) is 35.7 Å². The number of nitrogens with zero attached hydrogens (tertiary/aromatic N) is 1. The molecule has 3 heterocycles. The van der Waals surface area contributed by atoms with E-state index in [1.807, 2.05) is 13.8 Å². The summed E-state index contributed by atoms with van der Waals surface area (Å²) >= 11 is 1.70. The van der Waals surface area contributed by atoms with E-state index in [4.69, 9.17) is 9.47 Å². The number of hydrogen-bond donors (Lipinski definition) is 0. The number of methoxy groups -OCH3 is 1. The number of aromatic nitrogens is 1. The van der Waals surface area contributed by atoms with Crippen LogP contribution < -0.4 is 9.47 Å². The number of fused-ring (bicyclic) bond motifs is 3. The first-order valence-corrected chi connectivity index (χ1v) is 11.7. The van der Waals surface area contributed by atoms with Crippen molar-refractivity contribution < 1.29 is 14.3 Å². The molecule has 3 aromatic rings. The Morgan fingerprint density at radius 2 is 1.94 bits per heavy atom. The topological polar surface area (TPSA) is 40.5 Å². The van der Waals surface area contributed by atoms with Crippen molar-refractivity contribution in [2.24, 2.45) is 5.41 Å². The largest absolute Gasteiger partial charge is 0.493 e. The Bertz CT molecular complexity index is 1100. The fourth-order valence-electron chi connectivity index (χ4n) is 4.26. The highest BCUT2D eigenvalue weighted by atomic mass is 32.1. The van der Waals surface area contributed by atoms with Gasteiger partial charge in [0.1, 0.15) is 0 Å². The molecule has 0 atom stereocenters. The maximum atomic E-state index is 13.3. The molecule has 1 aliphatic heterocycles. The maximum absolute atomic E-state index is 13.3. The summed E-state index contributed by atoms with van der Waals surface area (Å²) in [6, 6.07) is 10.5. The molecule has 0 unspecified atom stereocenters. The van der Waals surface area contributed by atoms with Crippen molar-refractivity contribution in [3.8, 4) is 33.2 Å². The molecule has 0 amide bonds. The van der Waals surface area contributed by atoms with Gasteiger partial charge in [-0.15, -0.1) is 11.3 Å². The Morgan fingerprint density at radius 1 is 1.16 bits per heavy atom. The van der Waals surface area contributed by atoms with E-state index in [0.29, 0.717) is 6.42 Å². The highest BCUT2D eigenvalue weighted by Crippen LogP contribution is 2.45. The third kappa shape index (κ3) is 4.29. The molecule has 0 N–H and O–H groups in total. The molecule has 2 aromatic heterocycles. The normalized spacial score (nSPS) is 13.1. The first-order chi connectivity index (χ1) is 14.7. The van der Waals surface area contributed by atoms with Crippen molar-refractivity contribution in [2.45, 2.75) is 60.1 Å². The lowest BCUT2D eigenvalue weighted by atomic mass is 9.89. The molecule has 31 heavy (non-hydrogen) atoms. The van der Waals surface area contributed by atoms with Gasteiger partial charge in [-0.05, 0) is 60.9 Å². The van der Waals surface area contributed by atoms with E-state index in [0.717, 1.165) is 47.0 Å². The molecule has 4 rings (SSSR count). The fraction of sp³-hybridized carbons (Fsp3) is 0.423. The summed E-state index contributed by atoms with van der Waals surface area (Å²) < 4.78 is 13.9. The van der Waals surface area contributed by atoms with E-state index in [9.17, 15) is 4.79 Å². The predicted molar refractivity (Wildman–Crippen MR) is 128 cm³/mol. The summed E-state index contributed by atoms with van der Waals surface area (Å²) in [4.78, 5) is 14.5. The highest BCUT2D eigenvalue weighted by molar-refractivity contribution is 7.13. The van der Waals surface area contributed by atoms with Crippen LogP contribution in [0.4, 0.5) is 0 Å². The SMILES string of the molecule is COc1cc2c(cc1OC(C)C)-c1c(-c3cccs3)cc(C(=O)CC(C)(C)C)n1CC2. The summed E-state index contributed by atoms with van der Waals surface area (Å²) in [6.45, 7) is 11.2. The summed E-state index contributed by atoms with van der Waals surface area (Å²) in [5, 5.41) is 2.08. The molecule has 0 saturated heterocycles. The first-order valence-electron chi connectivity index (χ1n) is 10.9. The molecule has 0 radical (unpaired) electrons. The fourth-order valence-corrected chi connectivity index (χ4v) is 5.01. The Balaban J connectivity index is 1.92. The van der Waals surface area contributed by atoms with Crippen LogP contribution in [-0.4, -0.2) is 23.6 Å². The average molecular weight is 438 g/mol. The number of ketones is 1. The van der Waals surface area contributed by atoms with Gasteiger partial charge in [-0.25, -0.2) is 0 Å². The second-order valence-electron chi connectivity index (χ2n) is 9.66. The molecule has 0 spiro atoms. The smallest absolute Gasteiger partial charge is 0.179 e. The Labute approximate surface area is 188 Å². The van der Waals surface area contributed by atoms with Gasteiger partial charge in [0.2, 0.25) is 0 Å². The van der Waals surface area contributed by atoms with Gasteiger partial charge >= 0.3 is 0 Å². The van der Waals surface area contributed by atoms with E-state index in [-0.39, 0.29) is 17.3 Å². The van der Waals surface area contributed by atoms with Crippen LogP contribution in [0.3, 0.4) is 0 Å². The van der Waals surface area contributed by atoms with Crippen molar-refractivity contribution in [3.05, 3.63) is 47.0 Å². The van der Waals surface area contributed by atoms with Crippen LogP contribution in [-0.2, 0) is 13.0 Å². The van der Waals surface area contributed by atoms with Crippen LogP contribution in [0.25, 0.3) is 21.7 Å². The first kappa shape index (κ1) is 21.7. The monoisotopic (exact) mass is 437 g/mol. The number of carbonyl (C=O) groups excluding carboxylic acids is 1. The van der Waals surface area contributed by atoms with Gasteiger partial charge in [-0.1, -0.05) is 26.8 Å². The molecule has 0 bridgehead atoms. The minimum atomic E-state index is -0.0525. The molecule has 0 saturated carbocycles. The quantitative estimate of drug-likeness (QED) is 0.396. The van der Waals surface area contributed by atoms with E-state index >= 15 is 0 Å². The number of Topliss-reactive ketones (excluding diaryl/α,β-unsaturated/α-hetero) is 1. The lowest BCUT2D eigenvalue weighted by Gasteiger charge is -2.25. The molecule has 1 aromatic carbocycles. The number of thiophene rings is 1. The van der Waals surface area contributed by atoms with E-state index in [2.05, 4.69) is 61.1 Å². The molecular weight excluding hydrogens is 406 g/mol.